The lowest BCUT2D eigenvalue weighted by molar-refractivity contribution is 0.311. The van der Waals surface area contributed by atoms with Gasteiger partial charge in [-0.2, -0.15) is 0 Å². The molecule has 4 rings (SSSR count). The van der Waals surface area contributed by atoms with Gasteiger partial charge in [0, 0.05) is 29.7 Å². The molecule has 3 aromatic heterocycles. The standard InChI is InChI=1S/C20H25N7S/c1-4-5-10-26-19(18(24-20(26)28)17-8-6-7-9-21-17)16-11-14(2)27(15(16)3)25-12-22-23-13-25/h6-9,11-13,18-19H,4-5,10H2,1-3H3,(H,24,28). The minimum atomic E-state index is 0.0143. The summed E-state index contributed by atoms with van der Waals surface area (Å²) in [4.78, 5) is 6.93. The van der Waals surface area contributed by atoms with Crippen LogP contribution in [0.2, 0.25) is 0 Å². The number of aromatic nitrogens is 5. The summed E-state index contributed by atoms with van der Waals surface area (Å²) in [7, 11) is 0. The van der Waals surface area contributed by atoms with Crippen molar-refractivity contribution in [1.82, 2.24) is 34.8 Å². The SMILES string of the molecule is CCCCN1C(=S)NC(c2ccccn2)C1c1cc(C)n(-n2cnnc2)c1C. The zero-order valence-electron chi connectivity index (χ0n) is 16.4. The Kier molecular flexibility index (Phi) is 5.13. The van der Waals surface area contributed by atoms with Gasteiger partial charge in [0.15, 0.2) is 5.11 Å². The topological polar surface area (TPSA) is 63.8 Å². The molecule has 0 aliphatic carbocycles. The van der Waals surface area contributed by atoms with Crippen LogP contribution in [-0.2, 0) is 0 Å². The Morgan fingerprint density at radius 3 is 2.64 bits per heavy atom. The van der Waals surface area contributed by atoms with Crippen molar-refractivity contribution in [1.29, 1.82) is 0 Å². The van der Waals surface area contributed by atoms with Gasteiger partial charge in [-0.15, -0.1) is 10.2 Å². The molecular formula is C20H25N7S. The molecule has 146 valence electrons. The van der Waals surface area contributed by atoms with Crippen molar-refractivity contribution in [3.8, 4) is 0 Å². The fourth-order valence-electron chi connectivity index (χ4n) is 4.04. The van der Waals surface area contributed by atoms with E-state index in [9.17, 15) is 0 Å². The second kappa shape index (κ2) is 7.71. The molecule has 0 aromatic carbocycles. The molecule has 0 amide bonds. The lowest BCUT2D eigenvalue weighted by Crippen LogP contribution is -2.30. The zero-order chi connectivity index (χ0) is 19.7. The molecule has 0 spiro atoms. The van der Waals surface area contributed by atoms with Crippen LogP contribution in [0.15, 0.2) is 43.1 Å². The van der Waals surface area contributed by atoms with Crippen LogP contribution >= 0.6 is 12.2 Å². The maximum absolute atomic E-state index is 5.73. The van der Waals surface area contributed by atoms with Gasteiger partial charge in [-0.25, -0.2) is 4.68 Å². The third kappa shape index (κ3) is 3.17. The molecule has 1 N–H and O–H groups in total. The first kappa shape index (κ1) is 18.6. The highest BCUT2D eigenvalue weighted by Crippen LogP contribution is 2.40. The van der Waals surface area contributed by atoms with Gasteiger partial charge in [0.1, 0.15) is 12.7 Å². The van der Waals surface area contributed by atoms with Crippen LogP contribution in [0.4, 0.5) is 0 Å². The van der Waals surface area contributed by atoms with Crippen LogP contribution in [0.5, 0.6) is 0 Å². The molecule has 28 heavy (non-hydrogen) atoms. The minimum Gasteiger partial charge on any atom is -0.352 e. The van der Waals surface area contributed by atoms with Crippen LogP contribution < -0.4 is 5.32 Å². The largest absolute Gasteiger partial charge is 0.352 e. The highest BCUT2D eigenvalue weighted by atomic mass is 32.1. The van der Waals surface area contributed by atoms with E-state index in [2.05, 4.69) is 63.0 Å². The summed E-state index contributed by atoms with van der Waals surface area (Å²) in [5.74, 6) is 0. The maximum atomic E-state index is 5.73. The van der Waals surface area contributed by atoms with E-state index in [1.807, 2.05) is 23.0 Å². The van der Waals surface area contributed by atoms with Crippen molar-refractivity contribution >= 4 is 17.3 Å². The van der Waals surface area contributed by atoms with Crippen molar-refractivity contribution in [2.24, 2.45) is 0 Å². The molecule has 2 unspecified atom stereocenters. The molecule has 2 atom stereocenters. The molecule has 1 saturated heterocycles. The van der Waals surface area contributed by atoms with E-state index in [-0.39, 0.29) is 12.1 Å². The third-order valence-corrected chi connectivity index (χ3v) is 5.69. The van der Waals surface area contributed by atoms with Crippen LogP contribution in [0.3, 0.4) is 0 Å². The predicted molar refractivity (Wildman–Crippen MR) is 112 cm³/mol. The molecule has 8 heteroatoms. The minimum absolute atomic E-state index is 0.0143. The van der Waals surface area contributed by atoms with Gasteiger partial charge in [0.25, 0.3) is 0 Å². The Hall–Kier alpha value is -2.74. The summed E-state index contributed by atoms with van der Waals surface area (Å²) >= 11 is 5.73. The number of nitrogens with one attached hydrogen (secondary N) is 1. The molecule has 4 heterocycles. The third-order valence-electron chi connectivity index (χ3n) is 5.34. The fourth-order valence-corrected chi connectivity index (χ4v) is 4.38. The Morgan fingerprint density at radius 1 is 1.18 bits per heavy atom. The smallest absolute Gasteiger partial charge is 0.170 e. The molecule has 0 radical (unpaired) electrons. The van der Waals surface area contributed by atoms with Crippen LogP contribution in [0, 0.1) is 13.8 Å². The van der Waals surface area contributed by atoms with E-state index in [0.717, 1.165) is 41.6 Å². The lowest BCUT2D eigenvalue weighted by Gasteiger charge is -2.28. The zero-order valence-corrected chi connectivity index (χ0v) is 17.2. The molecule has 1 aliphatic heterocycles. The van der Waals surface area contributed by atoms with Gasteiger partial charge in [-0.05, 0) is 50.7 Å². The van der Waals surface area contributed by atoms with E-state index in [4.69, 9.17) is 12.2 Å². The van der Waals surface area contributed by atoms with Crippen molar-refractivity contribution in [2.75, 3.05) is 6.54 Å². The predicted octanol–water partition coefficient (Wildman–Crippen LogP) is 3.18. The van der Waals surface area contributed by atoms with Crippen molar-refractivity contribution in [3.05, 3.63) is 65.8 Å². The summed E-state index contributed by atoms with van der Waals surface area (Å²) in [6.45, 7) is 7.36. The van der Waals surface area contributed by atoms with E-state index >= 15 is 0 Å². The van der Waals surface area contributed by atoms with Crippen LogP contribution in [0.1, 0.15) is 54.5 Å². The first-order valence-electron chi connectivity index (χ1n) is 9.64. The molecule has 7 nitrogen and oxygen atoms in total. The average Bonchev–Trinajstić information content (AvgIpc) is 3.39. The van der Waals surface area contributed by atoms with E-state index in [0.29, 0.717) is 0 Å². The molecule has 1 fully saturated rings. The first-order valence-corrected chi connectivity index (χ1v) is 10.0. The average molecular weight is 396 g/mol. The molecule has 1 aliphatic rings. The summed E-state index contributed by atoms with van der Waals surface area (Å²) in [6.07, 6.45) is 7.49. The monoisotopic (exact) mass is 395 g/mol. The van der Waals surface area contributed by atoms with Gasteiger partial charge < -0.3 is 10.2 Å². The Labute approximate surface area is 170 Å². The van der Waals surface area contributed by atoms with Gasteiger partial charge >= 0.3 is 0 Å². The van der Waals surface area contributed by atoms with Gasteiger partial charge in [0.05, 0.1) is 17.8 Å². The maximum Gasteiger partial charge on any atom is 0.170 e. The van der Waals surface area contributed by atoms with E-state index in [1.165, 1.54) is 5.56 Å². The van der Waals surface area contributed by atoms with Crippen molar-refractivity contribution in [3.63, 3.8) is 0 Å². The number of nitrogens with zero attached hydrogens (tertiary/aromatic N) is 6. The van der Waals surface area contributed by atoms with Crippen LogP contribution in [-0.4, -0.2) is 41.1 Å². The first-order chi connectivity index (χ1) is 13.6. The highest BCUT2D eigenvalue weighted by molar-refractivity contribution is 7.80. The molecule has 0 saturated carbocycles. The number of thiocarbonyl (C=S) groups is 1. The highest BCUT2D eigenvalue weighted by Gasteiger charge is 2.41. The molecule has 3 aromatic rings. The lowest BCUT2D eigenvalue weighted by atomic mass is 9.96. The van der Waals surface area contributed by atoms with Crippen LogP contribution in [0.25, 0.3) is 0 Å². The second-order valence-corrected chi connectivity index (χ2v) is 7.54. The van der Waals surface area contributed by atoms with Gasteiger partial charge in [-0.1, -0.05) is 19.4 Å². The number of hydrogen-bond acceptors (Lipinski definition) is 4. The molecule has 0 bridgehead atoms. The summed E-state index contributed by atoms with van der Waals surface area (Å²) in [5, 5.41) is 12.2. The van der Waals surface area contributed by atoms with Gasteiger partial charge in [0.2, 0.25) is 0 Å². The second-order valence-electron chi connectivity index (χ2n) is 7.15. The number of unbranched alkanes of at least 4 members (excludes halogenated alkanes) is 1. The number of pyridine rings is 1. The van der Waals surface area contributed by atoms with Crippen molar-refractivity contribution < 1.29 is 0 Å². The fraction of sp³-hybridized carbons (Fsp3) is 0.400. The van der Waals surface area contributed by atoms with E-state index < -0.39 is 0 Å². The van der Waals surface area contributed by atoms with E-state index in [1.54, 1.807) is 12.7 Å². The van der Waals surface area contributed by atoms with Crippen molar-refractivity contribution in [2.45, 2.75) is 45.7 Å². The quantitative estimate of drug-likeness (QED) is 0.647. The number of hydrogen-bond donors (Lipinski definition) is 1. The number of aryl methyl sites for hydroxylation is 1. The Bertz CT molecular complexity index is 949. The summed E-state index contributed by atoms with van der Waals surface area (Å²) in [5.41, 5.74) is 4.52. The summed E-state index contributed by atoms with van der Waals surface area (Å²) < 4.78 is 4.03. The van der Waals surface area contributed by atoms with Gasteiger partial charge in [-0.3, -0.25) is 9.66 Å². The Balaban J connectivity index is 1.81. The Morgan fingerprint density at radius 2 is 1.96 bits per heavy atom. The normalized spacial score (nSPS) is 19.2. The number of rotatable bonds is 6. The molecular weight excluding hydrogens is 370 g/mol. The summed E-state index contributed by atoms with van der Waals surface area (Å²) in [6, 6.07) is 8.38.